The van der Waals surface area contributed by atoms with Crippen LogP contribution in [0, 0.1) is 20.8 Å². The fourth-order valence-electron chi connectivity index (χ4n) is 3.41. The first kappa shape index (κ1) is 14.5. The molecule has 2 N–H and O–H groups in total. The molecule has 0 amide bonds. The highest BCUT2D eigenvalue weighted by Crippen LogP contribution is 2.28. The zero-order valence-corrected chi connectivity index (χ0v) is 12.9. The molecule has 1 aliphatic rings. The zero-order valence-electron chi connectivity index (χ0n) is 12.9. The number of rotatable bonds is 3. The molecule has 106 valence electrons. The van der Waals surface area contributed by atoms with Crippen LogP contribution in [-0.2, 0) is 0 Å². The second-order valence-electron chi connectivity index (χ2n) is 5.83. The summed E-state index contributed by atoms with van der Waals surface area (Å²) in [4.78, 5) is 2.47. The molecule has 1 saturated heterocycles. The zero-order chi connectivity index (χ0) is 14.0. The Hall–Kier alpha value is -0.900. The molecular formula is C16H27N3. The number of nitrogens with zero attached hydrogens (tertiary/aromatic N) is 1. The van der Waals surface area contributed by atoms with E-state index in [1.54, 1.807) is 0 Å². The van der Waals surface area contributed by atoms with Crippen LogP contribution >= 0.6 is 0 Å². The third kappa shape index (κ3) is 2.99. The van der Waals surface area contributed by atoms with E-state index in [9.17, 15) is 0 Å². The van der Waals surface area contributed by atoms with Crippen LogP contribution < -0.4 is 10.6 Å². The van der Waals surface area contributed by atoms with E-state index in [0.717, 1.165) is 19.6 Å². The Morgan fingerprint density at radius 3 is 2.42 bits per heavy atom. The molecule has 1 heterocycles. The molecule has 3 nitrogen and oxygen atoms in total. The molecule has 1 aromatic carbocycles. The fraction of sp³-hybridized carbons (Fsp3) is 0.625. The SMILES string of the molecule is CNC(c1c(C)cc(C)cc1C)C1CNCCN1C. The van der Waals surface area contributed by atoms with E-state index in [0.29, 0.717) is 12.1 Å². The third-order valence-corrected chi connectivity index (χ3v) is 4.31. The summed E-state index contributed by atoms with van der Waals surface area (Å²) in [6, 6.07) is 5.49. The number of piperazine rings is 1. The van der Waals surface area contributed by atoms with Gasteiger partial charge in [0.05, 0.1) is 0 Å². The molecule has 19 heavy (non-hydrogen) atoms. The minimum absolute atomic E-state index is 0.387. The lowest BCUT2D eigenvalue weighted by molar-refractivity contribution is 0.161. The second kappa shape index (κ2) is 6.04. The average Bonchev–Trinajstić information content (AvgIpc) is 2.34. The number of aryl methyl sites for hydroxylation is 3. The maximum atomic E-state index is 3.54. The molecule has 2 unspecified atom stereocenters. The van der Waals surface area contributed by atoms with E-state index in [-0.39, 0.29) is 0 Å². The molecule has 0 spiro atoms. The summed E-state index contributed by atoms with van der Waals surface area (Å²) in [5.41, 5.74) is 5.61. The van der Waals surface area contributed by atoms with Crippen molar-refractivity contribution in [2.24, 2.45) is 0 Å². The molecule has 1 aliphatic heterocycles. The van der Waals surface area contributed by atoms with Gasteiger partial charge in [-0.3, -0.25) is 4.90 Å². The van der Waals surface area contributed by atoms with Crippen molar-refractivity contribution in [3.8, 4) is 0 Å². The van der Waals surface area contributed by atoms with Gasteiger partial charge in [0, 0.05) is 31.7 Å². The van der Waals surface area contributed by atoms with Crippen molar-refractivity contribution in [2.45, 2.75) is 32.9 Å². The van der Waals surface area contributed by atoms with Crippen LogP contribution in [0.3, 0.4) is 0 Å². The van der Waals surface area contributed by atoms with Crippen LogP contribution in [0.15, 0.2) is 12.1 Å². The van der Waals surface area contributed by atoms with Crippen LogP contribution in [0.25, 0.3) is 0 Å². The smallest absolute Gasteiger partial charge is 0.0493 e. The maximum Gasteiger partial charge on any atom is 0.0493 e. The summed E-state index contributed by atoms with van der Waals surface area (Å²) >= 11 is 0. The van der Waals surface area contributed by atoms with Crippen molar-refractivity contribution in [3.05, 3.63) is 34.4 Å². The van der Waals surface area contributed by atoms with Gasteiger partial charge in [0.1, 0.15) is 0 Å². The van der Waals surface area contributed by atoms with E-state index < -0.39 is 0 Å². The van der Waals surface area contributed by atoms with Gasteiger partial charge in [0.25, 0.3) is 0 Å². The number of benzene rings is 1. The summed E-state index contributed by atoms with van der Waals surface area (Å²) in [6.45, 7) is 9.90. The topological polar surface area (TPSA) is 27.3 Å². The van der Waals surface area contributed by atoms with Gasteiger partial charge in [0.2, 0.25) is 0 Å². The number of nitrogens with one attached hydrogen (secondary N) is 2. The van der Waals surface area contributed by atoms with Gasteiger partial charge in [-0.05, 0) is 51.6 Å². The Labute approximate surface area is 117 Å². The highest BCUT2D eigenvalue weighted by Gasteiger charge is 2.29. The van der Waals surface area contributed by atoms with Crippen LogP contribution in [0.5, 0.6) is 0 Å². The monoisotopic (exact) mass is 261 g/mol. The number of likely N-dealkylation sites (N-methyl/N-ethyl adjacent to an activating group) is 2. The lowest BCUT2D eigenvalue weighted by Crippen LogP contribution is -2.54. The largest absolute Gasteiger partial charge is 0.314 e. The first-order chi connectivity index (χ1) is 9.04. The Balaban J connectivity index is 2.36. The Bertz CT molecular complexity index is 419. The van der Waals surface area contributed by atoms with Crippen LogP contribution in [0.1, 0.15) is 28.3 Å². The van der Waals surface area contributed by atoms with Crippen molar-refractivity contribution in [1.82, 2.24) is 15.5 Å². The quantitative estimate of drug-likeness (QED) is 0.868. The minimum atomic E-state index is 0.387. The number of hydrogen-bond acceptors (Lipinski definition) is 3. The predicted molar refractivity (Wildman–Crippen MR) is 81.7 cm³/mol. The van der Waals surface area contributed by atoms with Gasteiger partial charge in [-0.25, -0.2) is 0 Å². The summed E-state index contributed by atoms with van der Waals surface area (Å²) in [6.07, 6.45) is 0. The highest BCUT2D eigenvalue weighted by molar-refractivity contribution is 5.40. The van der Waals surface area contributed by atoms with Crippen molar-refractivity contribution < 1.29 is 0 Å². The fourth-order valence-corrected chi connectivity index (χ4v) is 3.41. The molecule has 1 aromatic rings. The Morgan fingerprint density at radius 2 is 1.89 bits per heavy atom. The van der Waals surface area contributed by atoms with Crippen molar-refractivity contribution in [1.29, 1.82) is 0 Å². The molecule has 0 bridgehead atoms. The summed E-state index contributed by atoms with van der Waals surface area (Å²) in [7, 11) is 4.31. The van der Waals surface area contributed by atoms with Gasteiger partial charge < -0.3 is 10.6 Å². The first-order valence-electron chi connectivity index (χ1n) is 7.20. The van der Waals surface area contributed by atoms with E-state index in [4.69, 9.17) is 0 Å². The van der Waals surface area contributed by atoms with Gasteiger partial charge in [-0.15, -0.1) is 0 Å². The molecule has 3 heteroatoms. The molecular weight excluding hydrogens is 234 g/mol. The molecule has 0 radical (unpaired) electrons. The third-order valence-electron chi connectivity index (χ3n) is 4.31. The van der Waals surface area contributed by atoms with E-state index in [1.807, 2.05) is 0 Å². The lowest BCUT2D eigenvalue weighted by Gasteiger charge is -2.39. The minimum Gasteiger partial charge on any atom is -0.314 e. The normalized spacial score (nSPS) is 22.5. The molecule has 2 rings (SSSR count). The van der Waals surface area contributed by atoms with E-state index in [1.165, 1.54) is 22.3 Å². The Morgan fingerprint density at radius 1 is 1.26 bits per heavy atom. The van der Waals surface area contributed by atoms with Crippen LogP contribution in [0.4, 0.5) is 0 Å². The van der Waals surface area contributed by atoms with Crippen LogP contribution in [-0.4, -0.2) is 44.7 Å². The summed E-state index contributed by atoms with van der Waals surface area (Å²) < 4.78 is 0. The van der Waals surface area contributed by atoms with Gasteiger partial charge in [-0.2, -0.15) is 0 Å². The molecule has 0 aromatic heterocycles. The molecule has 0 saturated carbocycles. The van der Waals surface area contributed by atoms with Gasteiger partial charge in [-0.1, -0.05) is 17.7 Å². The predicted octanol–water partition coefficient (Wildman–Crippen LogP) is 1.78. The van der Waals surface area contributed by atoms with Crippen molar-refractivity contribution in [3.63, 3.8) is 0 Å². The highest BCUT2D eigenvalue weighted by atomic mass is 15.2. The molecule has 1 fully saturated rings. The Kier molecular flexibility index (Phi) is 4.61. The van der Waals surface area contributed by atoms with Crippen molar-refractivity contribution >= 4 is 0 Å². The first-order valence-corrected chi connectivity index (χ1v) is 7.20. The maximum absolute atomic E-state index is 3.54. The van der Waals surface area contributed by atoms with E-state index in [2.05, 4.69) is 62.5 Å². The van der Waals surface area contributed by atoms with E-state index >= 15 is 0 Å². The average molecular weight is 261 g/mol. The van der Waals surface area contributed by atoms with Gasteiger partial charge >= 0.3 is 0 Å². The van der Waals surface area contributed by atoms with Gasteiger partial charge in [0.15, 0.2) is 0 Å². The molecule has 2 atom stereocenters. The summed E-state index contributed by atoms with van der Waals surface area (Å²) in [5, 5.41) is 7.06. The lowest BCUT2D eigenvalue weighted by atomic mass is 9.89. The molecule has 0 aliphatic carbocycles. The van der Waals surface area contributed by atoms with Crippen LogP contribution in [0.2, 0.25) is 0 Å². The standard InChI is InChI=1S/C16H27N3/c1-11-8-12(2)15(13(3)9-11)16(17-4)14-10-18-6-7-19(14)5/h8-9,14,16-18H,6-7,10H2,1-5H3. The number of hydrogen-bond donors (Lipinski definition) is 2. The second-order valence-corrected chi connectivity index (χ2v) is 5.83. The van der Waals surface area contributed by atoms with Crippen molar-refractivity contribution in [2.75, 3.05) is 33.7 Å². The summed E-state index contributed by atoms with van der Waals surface area (Å²) in [5.74, 6) is 0.